The summed E-state index contributed by atoms with van der Waals surface area (Å²) in [6.07, 6.45) is -1.36. The van der Waals surface area contributed by atoms with Crippen LogP contribution in [0.2, 0.25) is 0 Å². The number of anilines is 3. The van der Waals surface area contributed by atoms with E-state index in [2.05, 4.69) is 34.9 Å². The molecule has 1 saturated heterocycles. The molecular weight excluding hydrogens is 487 g/mol. The van der Waals surface area contributed by atoms with Gasteiger partial charge in [0, 0.05) is 44.5 Å². The lowest BCUT2D eigenvalue weighted by Gasteiger charge is -2.35. The molecule has 2 aromatic rings. The van der Waals surface area contributed by atoms with Crippen LogP contribution in [0.4, 0.5) is 30.8 Å². The van der Waals surface area contributed by atoms with Crippen molar-refractivity contribution in [2.75, 3.05) is 53.7 Å². The highest BCUT2D eigenvalue weighted by atomic mass is 32.2. The molecule has 0 aliphatic carbocycles. The van der Waals surface area contributed by atoms with Gasteiger partial charge in [0.2, 0.25) is 5.95 Å². The van der Waals surface area contributed by atoms with Crippen LogP contribution in [-0.4, -0.2) is 80.9 Å². The van der Waals surface area contributed by atoms with E-state index < -0.39 is 35.6 Å². The number of nitrogens with one attached hydrogen (secondary N) is 1. The maximum absolute atomic E-state index is 12.6. The van der Waals surface area contributed by atoms with Gasteiger partial charge in [0.25, 0.3) is 0 Å². The minimum atomic E-state index is -5.07. The molecule has 0 aromatic carbocycles. The van der Waals surface area contributed by atoms with Crippen molar-refractivity contribution >= 4 is 34.4 Å². The van der Waals surface area contributed by atoms with Crippen LogP contribution in [0.25, 0.3) is 0 Å². The Kier molecular flexibility index (Phi) is 7.38. The van der Waals surface area contributed by atoms with Crippen LogP contribution < -0.4 is 15.1 Å². The average molecular weight is 514 g/mol. The Labute approximate surface area is 202 Å². The molecule has 1 fully saturated rings. The fraction of sp³-hybridized carbons (Fsp3) is 0.571. The smallest absolute Gasteiger partial charge is 0.457 e. The zero-order chi connectivity index (χ0) is 25.2. The zero-order valence-corrected chi connectivity index (χ0v) is 20.1. The van der Waals surface area contributed by atoms with E-state index >= 15 is 0 Å². The maximum Gasteiger partial charge on any atom is 0.490 e. The minimum absolute atomic E-state index is 0.198. The first kappa shape index (κ1) is 25.1. The minimum Gasteiger partial charge on any atom is -0.457 e. The third kappa shape index (κ3) is 5.80. The molecule has 1 N–H and O–H groups in total. The molecule has 0 amide bonds. The van der Waals surface area contributed by atoms with Gasteiger partial charge >= 0.3 is 12.1 Å². The highest BCUT2D eigenvalue weighted by molar-refractivity contribution is 7.85. The first-order valence-electron chi connectivity index (χ1n) is 11.2. The van der Waals surface area contributed by atoms with E-state index in [0.717, 1.165) is 5.82 Å². The van der Waals surface area contributed by atoms with E-state index in [1.807, 2.05) is 11.0 Å². The van der Waals surface area contributed by atoms with Gasteiger partial charge in [0.05, 0.1) is 22.5 Å². The Balaban J connectivity index is 1.52. The van der Waals surface area contributed by atoms with Gasteiger partial charge in [-0.25, -0.2) is 19.7 Å². The van der Waals surface area contributed by atoms with Crippen LogP contribution in [0, 0.1) is 5.92 Å². The van der Waals surface area contributed by atoms with Crippen molar-refractivity contribution in [1.29, 1.82) is 0 Å². The predicted molar refractivity (Wildman–Crippen MR) is 123 cm³/mol. The number of aromatic nitrogens is 4. The second kappa shape index (κ2) is 10.3. The molecular formula is C21H26F3N7O3S. The van der Waals surface area contributed by atoms with E-state index in [1.165, 1.54) is 6.33 Å². The van der Waals surface area contributed by atoms with Crippen molar-refractivity contribution < 1.29 is 26.9 Å². The fourth-order valence-corrected chi connectivity index (χ4v) is 5.17. The molecule has 2 atom stereocenters. The molecule has 35 heavy (non-hydrogen) atoms. The number of hydrogen-bond donors (Lipinski definition) is 1. The lowest BCUT2D eigenvalue weighted by molar-refractivity contribution is -0.200. The normalized spacial score (nSPS) is 19.0. The molecule has 0 saturated carbocycles. The molecule has 4 heterocycles. The van der Waals surface area contributed by atoms with Gasteiger partial charge in [0.15, 0.2) is 0 Å². The molecule has 0 radical (unpaired) electrons. The number of hydrogen-bond acceptors (Lipinski definition) is 10. The molecule has 0 spiro atoms. The van der Waals surface area contributed by atoms with Gasteiger partial charge in [0.1, 0.15) is 29.5 Å². The summed E-state index contributed by atoms with van der Waals surface area (Å²) in [7, 11) is -1.33. The summed E-state index contributed by atoms with van der Waals surface area (Å²) in [4.78, 5) is 33.3. The number of aryl methyl sites for hydroxylation is 1. The summed E-state index contributed by atoms with van der Waals surface area (Å²) in [6, 6.07) is 1.18. The highest BCUT2D eigenvalue weighted by Crippen LogP contribution is 2.31. The third-order valence-electron chi connectivity index (χ3n) is 5.88. The second-order valence-corrected chi connectivity index (χ2v) is 10.1. The van der Waals surface area contributed by atoms with Gasteiger partial charge in [-0.2, -0.15) is 18.2 Å². The Bertz CT molecular complexity index is 1080. The maximum atomic E-state index is 12.6. The molecule has 4 rings (SSSR count). The number of ether oxygens (including phenoxy) is 1. The first-order chi connectivity index (χ1) is 16.6. The summed E-state index contributed by atoms with van der Waals surface area (Å²) in [5.74, 6) is -0.442. The lowest BCUT2D eigenvalue weighted by Crippen LogP contribution is -2.47. The Morgan fingerprint density at radius 3 is 2.54 bits per heavy atom. The van der Waals surface area contributed by atoms with Crippen molar-refractivity contribution in [2.45, 2.75) is 37.4 Å². The van der Waals surface area contributed by atoms with Crippen LogP contribution in [0.3, 0.4) is 0 Å². The SMILES string of the molecule is CC(C)C(COC(=O)C(F)(F)F)Nc1nc(N2CCN(c3ccncn3)CC2)nc2c1[S@](=O)CC2. The van der Waals surface area contributed by atoms with Crippen molar-refractivity contribution in [3.8, 4) is 0 Å². The van der Waals surface area contributed by atoms with Crippen molar-refractivity contribution in [3.63, 3.8) is 0 Å². The Morgan fingerprint density at radius 2 is 1.91 bits per heavy atom. The number of carbonyl (C=O) groups is 1. The van der Waals surface area contributed by atoms with Gasteiger partial charge in [-0.15, -0.1) is 0 Å². The number of piperazine rings is 1. The van der Waals surface area contributed by atoms with E-state index in [-0.39, 0.29) is 5.92 Å². The van der Waals surface area contributed by atoms with Gasteiger partial charge in [-0.3, -0.25) is 4.21 Å². The second-order valence-electron chi connectivity index (χ2n) is 8.58. The van der Waals surface area contributed by atoms with Crippen LogP contribution in [0.5, 0.6) is 0 Å². The summed E-state index contributed by atoms with van der Waals surface area (Å²) in [5, 5.41) is 3.09. The van der Waals surface area contributed by atoms with E-state index in [9.17, 15) is 22.2 Å². The zero-order valence-electron chi connectivity index (χ0n) is 19.3. The van der Waals surface area contributed by atoms with Crippen LogP contribution >= 0.6 is 0 Å². The summed E-state index contributed by atoms with van der Waals surface area (Å²) < 4.78 is 54.9. The molecule has 190 valence electrons. The molecule has 14 heteroatoms. The monoisotopic (exact) mass is 513 g/mol. The van der Waals surface area contributed by atoms with E-state index in [0.29, 0.717) is 60.7 Å². The molecule has 2 aliphatic rings. The largest absolute Gasteiger partial charge is 0.490 e. The standard InChI is InChI=1S/C21H26F3N7O3S/c1-13(2)15(11-34-19(32)21(22,23)24)27-18-17-14(4-10-35(17)33)28-20(29-18)31-8-6-30(7-9-31)16-3-5-25-12-26-16/h3,5,12-13,15H,4,6-11H2,1-2H3,(H,27,28,29)/t15?,35-/m1/s1. The van der Waals surface area contributed by atoms with Crippen molar-refractivity contribution in [3.05, 3.63) is 24.3 Å². The number of rotatable bonds is 7. The number of carbonyl (C=O) groups excluding carboxylic acids is 1. The van der Waals surface area contributed by atoms with Crippen LogP contribution in [0.1, 0.15) is 19.5 Å². The van der Waals surface area contributed by atoms with Crippen LogP contribution in [-0.2, 0) is 26.8 Å². The number of fused-ring (bicyclic) bond motifs is 1. The Morgan fingerprint density at radius 1 is 1.20 bits per heavy atom. The molecule has 10 nitrogen and oxygen atoms in total. The summed E-state index contributed by atoms with van der Waals surface area (Å²) >= 11 is 0. The fourth-order valence-electron chi connectivity index (χ4n) is 3.85. The third-order valence-corrected chi connectivity index (χ3v) is 7.34. The van der Waals surface area contributed by atoms with Crippen molar-refractivity contribution in [1.82, 2.24) is 19.9 Å². The quantitative estimate of drug-likeness (QED) is 0.550. The lowest BCUT2D eigenvalue weighted by atomic mass is 10.1. The number of nitrogens with zero attached hydrogens (tertiary/aromatic N) is 6. The number of alkyl halides is 3. The molecule has 1 unspecified atom stereocenters. The summed E-state index contributed by atoms with van der Waals surface area (Å²) in [5.41, 5.74) is 0.656. The predicted octanol–water partition coefficient (Wildman–Crippen LogP) is 1.80. The number of halogens is 3. The topological polar surface area (TPSA) is 113 Å². The first-order valence-corrected chi connectivity index (χ1v) is 12.5. The molecule has 2 aliphatic heterocycles. The van der Waals surface area contributed by atoms with Crippen LogP contribution in [0.15, 0.2) is 23.5 Å². The van der Waals surface area contributed by atoms with Gasteiger partial charge in [-0.1, -0.05) is 13.8 Å². The van der Waals surface area contributed by atoms with Crippen molar-refractivity contribution in [2.24, 2.45) is 5.92 Å². The summed E-state index contributed by atoms with van der Waals surface area (Å²) in [6.45, 7) is 5.69. The van der Waals surface area contributed by atoms with E-state index in [4.69, 9.17) is 0 Å². The van der Waals surface area contributed by atoms with Gasteiger partial charge < -0.3 is 19.9 Å². The average Bonchev–Trinajstić information content (AvgIpc) is 3.22. The van der Waals surface area contributed by atoms with E-state index in [1.54, 1.807) is 20.0 Å². The highest BCUT2D eigenvalue weighted by Gasteiger charge is 2.41. The molecule has 2 aromatic heterocycles. The van der Waals surface area contributed by atoms with Gasteiger partial charge in [-0.05, 0) is 12.0 Å². The number of esters is 1. The Hall–Kier alpha value is -3.03. The molecule has 0 bridgehead atoms.